The minimum Gasteiger partial charge on any atom is -0.449 e. The monoisotopic (exact) mass is 397 g/mol. The van der Waals surface area contributed by atoms with Crippen LogP contribution >= 0.6 is 0 Å². The summed E-state index contributed by atoms with van der Waals surface area (Å²) in [4.78, 5) is 36.5. The summed E-state index contributed by atoms with van der Waals surface area (Å²) in [6, 6.07) is 14.6. The van der Waals surface area contributed by atoms with E-state index in [0.717, 1.165) is 28.1 Å². The fraction of sp³-hybridized carbons (Fsp3) is 0.318. The predicted molar refractivity (Wildman–Crippen MR) is 113 cm³/mol. The van der Waals surface area contributed by atoms with Gasteiger partial charge in [0.1, 0.15) is 0 Å². The lowest BCUT2D eigenvalue weighted by atomic mass is 10.0. The van der Waals surface area contributed by atoms with E-state index in [9.17, 15) is 14.4 Å². The van der Waals surface area contributed by atoms with Crippen LogP contribution in [-0.4, -0.2) is 36.1 Å². The molecule has 29 heavy (non-hydrogen) atoms. The molecule has 0 saturated carbocycles. The molecule has 0 spiro atoms. The fourth-order valence-corrected chi connectivity index (χ4v) is 2.64. The lowest BCUT2D eigenvalue weighted by Gasteiger charge is -2.18. The van der Waals surface area contributed by atoms with Gasteiger partial charge in [-0.1, -0.05) is 31.2 Å². The molecule has 0 unspecified atom stereocenters. The van der Waals surface area contributed by atoms with E-state index in [0.29, 0.717) is 12.1 Å². The first-order valence-electron chi connectivity index (χ1n) is 9.69. The number of ether oxygens (including phenoxy) is 1. The second-order valence-electron chi connectivity index (χ2n) is 6.35. The number of anilines is 2. The lowest BCUT2D eigenvalue weighted by molar-refractivity contribution is -0.115. The molecule has 2 N–H and O–H groups in total. The van der Waals surface area contributed by atoms with Crippen LogP contribution < -0.4 is 10.6 Å². The number of hydrogen-bond donors (Lipinski definition) is 2. The van der Waals surface area contributed by atoms with Crippen molar-refractivity contribution in [2.45, 2.75) is 33.6 Å². The molecule has 0 aromatic heterocycles. The maximum atomic E-state index is 12.3. The molecule has 154 valence electrons. The summed E-state index contributed by atoms with van der Waals surface area (Å²) in [5.74, 6) is -0.0139. The number of amides is 4. The van der Waals surface area contributed by atoms with Gasteiger partial charge in [0.05, 0.1) is 6.61 Å². The predicted octanol–water partition coefficient (Wildman–Crippen LogP) is 4.64. The SMILES string of the molecule is CCOC(=O)N(CC)C(=O)Nc1ccc(Cc2ccc(NC(=O)CC)cc2)cc1. The van der Waals surface area contributed by atoms with Crippen LogP contribution in [0.1, 0.15) is 38.3 Å². The number of carbonyl (C=O) groups excluding carboxylic acids is 3. The highest BCUT2D eigenvalue weighted by molar-refractivity contribution is 5.99. The number of nitrogens with zero attached hydrogens (tertiary/aromatic N) is 1. The van der Waals surface area contributed by atoms with Crippen LogP contribution in [0.2, 0.25) is 0 Å². The zero-order valence-electron chi connectivity index (χ0n) is 17.0. The summed E-state index contributed by atoms with van der Waals surface area (Å²) >= 11 is 0. The minimum absolute atomic E-state index is 0.0139. The van der Waals surface area contributed by atoms with Crippen LogP contribution in [0.5, 0.6) is 0 Å². The first-order chi connectivity index (χ1) is 14.0. The van der Waals surface area contributed by atoms with Gasteiger partial charge in [0, 0.05) is 24.3 Å². The molecule has 0 bridgehead atoms. The number of rotatable bonds is 7. The largest absolute Gasteiger partial charge is 0.449 e. The van der Waals surface area contributed by atoms with Crippen molar-refractivity contribution in [1.29, 1.82) is 0 Å². The molecule has 2 aromatic carbocycles. The topological polar surface area (TPSA) is 87.7 Å². The van der Waals surface area contributed by atoms with E-state index < -0.39 is 12.1 Å². The van der Waals surface area contributed by atoms with Crippen molar-refractivity contribution in [3.8, 4) is 0 Å². The molecular weight excluding hydrogens is 370 g/mol. The third kappa shape index (κ3) is 6.64. The van der Waals surface area contributed by atoms with Gasteiger partial charge in [-0.15, -0.1) is 0 Å². The molecule has 2 rings (SSSR count). The first-order valence-corrected chi connectivity index (χ1v) is 9.69. The molecular formula is C22H27N3O4. The first kappa shape index (κ1) is 21.9. The van der Waals surface area contributed by atoms with Crippen molar-refractivity contribution < 1.29 is 19.1 Å². The molecule has 7 nitrogen and oxygen atoms in total. The summed E-state index contributed by atoms with van der Waals surface area (Å²) < 4.78 is 4.88. The maximum Gasteiger partial charge on any atom is 0.417 e. The fourth-order valence-electron chi connectivity index (χ4n) is 2.64. The molecule has 0 radical (unpaired) electrons. The van der Waals surface area contributed by atoms with Gasteiger partial charge in [-0.25, -0.2) is 14.5 Å². The molecule has 2 aromatic rings. The highest BCUT2D eigenvalue weighted by Gasteiger charge is 2.20. The molecule has 7 heteroatoms. The van der Waals surface area contributed by atoms with Crippen LogP contribution in [0.25, 0.3) is 0 Å². The maximum absolute atomic E-state index is 12.3. The van der Waals surface area contributed by atoms with Gasteiger partial charge in [0.25, 0.3) is 0 Å². The Hall–Kier alpha value is -3.35. The second kappa shape index (κ2) is 10.8. The number of hydrogen-bond acceptors (Lipinski definition) is 4. The van der Waals surface area contributed by atoms with Crippen LogP contribution in [-0.2, 0) is 16.0 Å². The van der Waals surface area contributed by atoms with E-state index in [2.05, 4.69) is 10.6 Å². The normalized spacial score (nSPS) is 10.2. The number of nitrogens with one attached hydrogen (secondary N) is 2. The van der Waals surface area contributed by atoms with Gasteiger partial charge in [0.2, 0.25) is 5.91 Å². The summed E-state index contributed by atoms with van der Waals surface area (Å²) in [5, 5.41) is 5.52. The van der Waals surface area contributed by atoms with Crippen LogP contribution in [0.4, 0.5) is 21.0 Å². The summed E-state index contributed by atoms with van der Waals surface area (Å²) in [7, 11) is 0. The van der Waals surface area contributed by atoms with E-state index in [1.54, 1.807) is 26.0 Å². The van der Waals surface area contributed by atoms with Crippen molar-refractivity contribution in [3.05, 3.63) is 59.7 Å². The van der Waals surface area contributed by atoms with Crippen LogP contribution in [0.3, 0.4) is 0 Å². The smallest absolute Gasteiger partial charge is 0.417 e. The van der Waals surface area contributed by atoms with Gasteiger partial charge in [0.15, 0.2) is 0 Å². The lowest BCUT2D eigenvalue weighted by Crippen LogP contribution is -2.40. The number of carbonyl (C=O) groups is 3. The highest BCUT2D eigenvalue weighted by Crippen LogP contribution is 2.16. The number of urea groups is 1. The van der Waals surface area contributed by atoms with Gasteiger partial charge >= 0.3 is 12.1 Å². The van der Waals surface area contributed by atoms with Crippen LogP contribution in [0, 0.1) is 0 Å². The summed E-state index contributed by atoms with van der Waals surface area (Å²) in [6.07, 6.45) is 0.503. The Balaban J connectivity index is 1.95. The van der Waals surface area contributed by atoms with E-state index >= 15 is 0 Å². The Morgan fingerprint density at radius 3 is 1.79 bits per heavy atom. The van der Waals surface area contributed by atoms with Crippen molar-refractivity contribution >= 4 is 29.4 Å². The summed E-state index contributed by atoms with van der Waals surface area (Å²) in [5.41, 5.74) is 3.56. The second-order valence-corrected chi connectivity index (χ2v) is 6.35. The van der Waals surface area contributed by atoms with E-state index in [1.165, 1.54) is 0 Å². The molecule has 0 aliphatic rings. The van der Waals surface area contributed by atoms with Gasteiger partial charge in [-0.2, -0.15) is 0 Å². The third-order valence-corrected chi connectivity index (χ3v) is 4.22. The van der Waals surface area contributed by atoms with Crippen molar-refractivity contribution in [2.75, 3.05) is 23.8 Å². The molecule has 0 saturated heterocycles. The quantitative estimate of drug-likeness (QED) is 0.713. The van der Waals surface area contributed by atoms with Gasteiger partial charge in [-0.05, 0) is 55.7 Å². The number of imide groups is 1. The Morgan fingerprint density at radius 1 is 0.828 bits per heavy atom. The van der Waals surface area contributed by atoms with Gasteiger partial charge in [-0.3, -0.25) is 4.79 Å². The van der Waals surface area contributed by atoms with Crippen molar-refractivity contribution in [3.63, 3.8) is 0 Å². The minimum atomic E-state index is -0.664. The Morgan fingerprint density at radius 2 is 1.34 bits per heavy atom. The Bertz CT molecular complexity index is 832. The average Bonchev–Trinajstić information content (AvgIpc) is 2.71. The summed E-state index contributed by atoms with van der Waals surface area (Å²) in [6.45, 7) is 5.64. The molecule has 0 aliphatic heterocycles. The molecule has 0 heterocycles. The molecule has 4 amide bonds. The highest BCUT2D eigenvalue weighted by atomic mass is 16.6. The molecule has 0 atom stereocenters. The standard InChI is InChI=1S/C22H27N3O4/c1-4-20(26)23-18-11-7-16(8-12-18)15-17-9-13-19(14-10-17)24-21(27)25(5-2)22(28)29-6-3/h7-14H,4-6,15H2,1-3H3,(H,23,26)(H,24,27). The Labute approximate surface area is 171 Å². The molecule has 0 aliphatic carbocycles. The van der Waals surface area contributed by atoms with E-state index in [4.69, 9.17) is 4.74 Å². The average molecular weight is 397 g/mol. The van der Waals surface area contributed by atoms with Crippen molar-refractivity contribution in [1.82, 2.24) is 4.90 Å². The van der Waals surface area contributed by atoms with E-state index in [-0.39, 0.29) is 19.1 Å². The van der Waals surface area contributed by atoms with Crippen LogP contribution in [0.15, 0.2) is 48.5 Å². The zero-order chi connectivity index (χ0) is 21.2. The van der Waals surface area contributed by atoms with Gasteiger partial charge < -0.3 is 15.4 Å². The molecule has 0 fully saturated rings. The third-order valence-electron chi connectivity index (χ3n) is 4.22. The Kier molecular flexibility index (Phi) is 8.21. The number of benzene rings is 2. The van der Waals surface area contributed by atoms with E-state index in [1.807, 2.05) is 43.3 Å². The zero-order valence-corrected chi connectivity index (χ0v) is 17.0. The van der Waals surface area contributed by atoms with Crippen molar-refractivity contribution in [2.24, 2.45) is 0 Å².